The third-order valence-corrected chi connectivity index (χ3v) is 7.29. The molecule has 0 radical (unpaired) electrons. The third kappa shape index (κ3) is 26.9. The van der Waals surface area contributed by atoms with Gasteiger partial charge in [-0.3, -0.25) is 4.79 Å². The van der Waals surface area contributed by atoms with Crippen LogP contribution in [0.3, 0.4) is 0 Å². The van der Waals surface area contributed by atoms with Crippen molar-refractivity contribution >= 4 is 14.4 Å². The number of carbonyl (C=O) groups is 1. The van der Waals surface area contributed by atoms with Gasteiger partial charge in [0, 0.05) is 25.4 Å². The Morgan fingerprint density at radius 2 is 1.25 bits per heavy atom. The number of ketones is 1. The van der Waals surface area contributed by atoms with Gasteiger partial charge in [-0.25, -0.2) is 0 Å². The van der Waals surface area contributed by atoms with Gasteiger partial charge in [-0.1, -0.05) is 104 Å². The lowest BCUT2D eigenvalue weighted by Crippen LogP contribution is -3.06. The summed E-state index contributed by atoms with van der Waals surface area (Å²) in [7, 11) is 2.18. The highest BCUT2D eigenvalue weighted by Crippen LogP contribution is 2.33. The van der Waals surface area contributed by atoms with Gasteiger partial charge in [-0.2, -0.15) is 0 Å². The summed E-state index contributed by atoms with van der Waals surface area (Å²) in [5.74, 6) is 0.210. The van der Waals surface area contributed by atoms with Crippen molar-refractivity contribution in [2.24, 2.45) is 5.92 Å². The van der Waals surface area contributed by atoms with E-state index < -0.39 is 8.60 Å². The van der Waals surface area contributed by atoms with Crippen molar-refractivity contribution in [2.75, 3.05) is 47.1 Å². The van der Waals surface area contributed by atoms with E-state index in [0.717, 1.165) is 26.0 Å². The van der Waals surface area contributed by atoms with E-state index in [2.05, 4.69) is 6.92 Å². The molecule has 0 fully saturated rings. The molecule has 0 saturated heterocycles. The Balaban J connectivity index is 3.73. The fourth-order valence-corrected chi connectivity index (χ4v) is 4.89. The number of quaternary nitrogens is 1. The minimum absolute atomic E-state index is 0.0272. The number of hydrogen-bond donors (Lipinski definition) is 2. The average Bonchev–Trinajstić information content (AvgIpc) is 2.84. The highest BCUT2D eigenvalue weighted by molar-refractivity contribution is 7.40. The average molecular weight is 535 g/mol. The van der Waals surface area contributed by atoms with Crippen LogP contribution in [0.1, 0.15) is 129 Å². The molecule has 0 aromatic carbocycles. The minimum Gasteiger partial charge on any atom is -0.381 e. The summed E-state index contributed by atoms with van der Waals surface area (Å²) in [5.41, 5.74) is 0. The van der Waals surface area contributed by atoms with E-state index >= 15 is 0 Å². The van der Waals surface area contributed by atoms with Crippen molar-refractivity contribution in [2.45, 2.75) is 129 Å². The molecule has 2 N–H and O–H groups in total. The maximum absolute atomic E-state index is 12.1. The van der Waals surface area contributed by atoms with Gasteiger partial charge < -0.3 is 23.6 Å². The van der Waals surface area contributed by atoms with Crippen molar-refractivity contribution in [3.8, 4) is 0 Å². The summed E-state index contributed by atoms with van der Waals surface area (Å²) >= 11 is 0. The Labute approximate surface area is 225 Å². The van der Waals surface area contributed by atoms with E-state index in [-0.39, 0.29) is 11.7 Å². The van der Waals surface area contributed by atoms with Crippen LogP contribution in [0, 0.1) is 5.92 Å². The summed E-state index contributed by atoms with van der Waals surface area (Å²) in [4.78, 5) is 23.3. The van der Waals surface area contributed by atoms with Crippen LogP contribution in [0.5, 0.6) is 0 Å². The van der Waals surface area contributed by atoms with Crippen molar-refractivity contribution in [1.29, 1.82) is 0 Å². The summed E-state index contributed by atoms with van der Waals surface area (Å²) in [6.45, 7) is 7.09. The molecule has 0 aliphatic heterocycles. The lowest BCUT2D eigenvalue weighted by Gasteiger charge is -2.18. The van der Waals surface area contributed by atoms with Crippen LogP contribution in [0.25, 0.3) is 0 Å². The SMILES string of the molecule is CCCCCCCCCCCCCCCCCOCC(COP(O)OCC[NH+](C)C)CC(=O)CCC. The molecule has 7 heteroatoms. The van der Waals surface area contributed by atoms with Crippen molar-refractivity contribution in [1.82, 2.24) is 0 Å². The van der Waals surface area contributed by atoms with Crippen LogP contribution in [-0.2, 0) is 18.6 Å². The molecule has 0 aromatic rings. The molecule has 0 spiro atoms. The van der Waals surface area contributed by atoms with E-state index in [1.54, 1.807) is 0 Å². The Morgan fingerprint density at radius 3 is 1.75 bits per heavy atom. The smallest absolute Gasteiger partial charge is 0.330 e. The number of hydrogen-bond acceptors (Lipinski definition) is 5. The fourth-order valence-electron chi connectivity index (χ4n) is 4.23. The largest absolute Gasteiger partial charge is 0.381 e. The second-order valence-corrected chi connectivity index (χ2v) is 11.7. The van der Waals surface area contributed by atoms with Crippen LogP contribution >= 0.6 is 8.60 Å². The molecule has 0 aliphatic carbocycles. The van der Waals surface area contributed by atoms with Crippen molar-refractivity contribution in [3.05, 3.63) is 0 Å². The zero-order valence-electron chi connectivity index (χ0n) is 24.4. The maximum atomic E-state index is 12.1. The molecule has 0 bridgehead atoms. The van der Waals surface area contributed by atoms with Crippen LogP contribution in [0.2, 0.25) is 0 Å². The molecule has 0 rings (SSSR count). The topological polar surface area (TPSA) is 69.4 Å². The van der Waals surface area contributed by atoms with Crippen molar-refractivity contribution in [3.63, 3.8) is 0 Å². The van der Waals surface area contributed by atoms with Gasteiger partial charge >= 0.3 is 8.60 Å². The summed E-state index contributed by atoms with van der Waals surface area (Å²) in [6.07, 6.45) is 22.2. The third-order valence-electron chi connectivity index (χ3n) is 6.52. The number of Topliss-reactive ketones (excluding diaryl/α,β-unsaturated/α-hetero) is 1. The lowest BCUT2D eigenvalue weighted by atomic mass is 10.0. The van der Waals surface area contributed by atoms with Crippen LogP contribution in [-0.4, -0.2) is 57.7 Å². The zero-order valence-corrected chi connectivity index (χ0v) is 25.3. The Bertz CT molecular complexity index is 467. The van der Waals surface area contributed by atoms with E-state index in [1.807, 2.05) is 21.0 Å². The molecule has 0 heterocycles. The van der Waals surface area contributed by atoms with E-state index in [0.29, 0.717) is 32.7 Å². The number of carbonyl (C=O) groups excluding carboxylic acids is 1. The van der Waals surface area contributed by atoms with Gasteiger partial charge in [-0.05, 0) is 12.8 Å². The first-order valence-corrected chi connectivity index (χ1v) is 16.3. The highest BCUT2D eigenvalue weighted by atomic mass is 31.2. The van der Waals surface area contributed by atoms with Gasteiger partial charge in [0.1, 0.15) is 18.9 Å². The predicted octanol–water partition coefficient (Wildman–Crippen LogP) is 6.65. The molecule has 2 unspecified atom stereocenters. The first-order valence-electron chi connectivity index (χ1n) is 15.1. The number of likely N-dealkylation sites (N-methyl/N-ethyl adjacent to an activating group) is 1. The number of unbranched alkanes of at least 4 members (excludes halogenated alkanes) is 14. The normalized spacial score (nSPS) is 13.4. The standard InChI is InChI=1S/C29H60NO5P/c1-5-7-8-9-10-11-12-13-14-15-16-17-18-19-20-23-33-26-28(25-29(31)21-6-2)27-35-36(32)34-24-22-30(3)4/h28,32H,5-27H2,1-4H3/p+1. The first kappa shape index (κ1) is 35.9. The van der Waals surface area contributed by atoms with Crippen LogP contribution in [0.4, 0.5) is 0 Å². The molecule has 2 atom stereocenters. The molecular weight excluding hydrogens is 473 g/mol. The van der Waals surface area contributed by atoms with E-state index in [9.17, 15) is 9.69 Å². The zero-order chi connectivity index (χ0) is 26.7. The minimum atomic E-state index is -1.90. The monoisotopic (exact) mass is 534 g/mol. The highest BCUT2D eigenvalue weighted by Gasteiger charge is 2.17. The predicted molar refractivity (Wildman–Crippen MR) is 152 cm³/mol. The van der Waals surface area contributed by atoms with Gasteiger partial charge in [0.05, 0.1) is 27.3 Å². The second kappa shape index (κ2) is 27.9. The van der Waals surface area contributed by atoms with E-state index in [1.165, 1.54) is 94.8 Å². The quantitative estimate of drug-likeness (QED) is 0.0831. The second-order valence-electron chi connectivity index (χ2n) is 10.7. The number of ether oxygens (including phenoxy) is 1. The fraction of sp³-hybridized carbons (Fsp3) is 0.966. The molecule has 0 aliphatic rings. The van der Waals surface area contributed by atoms with Gasteiger partial charge in [0.25, 0.3) is 0 Å². The Morgan fingerprint density at radius 1 is 0.722 bits per heavy atom. The molecule has 216 valence electrons. The van der Waals surface area contributed by atoms with Gasteiger partial charge in [-0.15, -0.1) is 0 Å². The summed E-state index contributed by atoms with van der Waals surface area (Å²) in [6, 6.07) is 0. The molecule has 0 amide bonds. The van der Waals surface area contributed by atoms with E-state index in [4.69, 9.17) is 13.8 Å². The number of nitrogens with one attached hydrogen (secondary N) is 1. The molecule has 36 heavy (non-hydrogen) atoms. The lowest BCUT2D eigenvalue weighted by molar-refractivity contribution is -0.858. The summed E-state index contributed by atoms with van der Waals surface area (Å²) in [5, 5.41) is 0. The van der Waals surface area contributed by atoms with Gasteiger partial charge in [0.15, 0.2) is 0 Å². The van der Waals surface area contributed by atoms with Crippen molar-refractivity contribution < 1.29 is 28.4 Å². The molecule has 0 saturated carbocycles. The molecule has 0 aromatic heterocycles. The number of rotatable bonds is 29. The molecular formula is C29H61NO5P+. The Hall–Kier alpha value is -0.100. The van der Waals surface area contributed by atoms with Crippen LogP contribution < -0.4 is 4.90 Å². The summed E-state index contributed by atoms with van der Waals surface area (Å²) < 4.78 is 16.7. The van der Waals surface area contributed by atoms with Gasteiger partial charge in [0.2, 0.25) is 0 Å². The van der Waals surface area contributed by atoms with Crippen LogP contribution in [0.15, 0.2) is 0 Å². The first-order chi connectivity index (χ1) is 17.5. The maximum Gasteiger partial charge on any atom is 0.330 e. The Kier molecular flexibility index (Phi) is 27.8. The molecule has 6 nitrogen and oxygen atoms in total.